The van der Waals surface area contributed by atoms with E-state index in [9.17, 15) is 31.9 Å². The molecule has 51 heavy (non-hydrogen) atoms. The summed E-state index contributed by atoms with van der Waals surface area (Å²) in [6, 6.07) is 13.1. The molecule has 1 heterocycles. The van der Waals surface area contributed by atoms with Crippen molar-refractivity contribution >= 4 is 29.5 Å². The van der Waals surface area contributed by atoms with E-state index in [0.717, 1.165) is 25.0 Å². The molecule has 0 radical (unpaired) electrons. The van der Waals surface area contributed by atoms with Gasteiger partial charge in [0.25, 0.3) is 0 Å². The number of hydrogen-bond donors (Lipinski definition) is 3. The van der Waals surface area contributed by atoms with Crippen LogP contribution in [0.25, 0.3) is 0 Å². The van der Waals surface area contributed by atoms with Gasteiger partial charge in [-0.25, -0.2) is 9.18 Å². The fraction of sp³-hybridized carbons (Fsp3) is 0.444. The summed E-state index contributed by atoms with van der Waals surface area (Å²) in [5, 5.41) is 8.98. The number of benzene rings is 2. The van der Waals surface area contributed by atoms with Crippen molar-refractivity contribution in [3.05, 3.63) is 94.5 Å². The van der Waals surface area contributed by atoms with Crippen LogP contribution in [0.3, 0.4) is 0 Å². The van der Waals surface area contributed by atoms with Gasteiger partial charge in [0.15, 0.2) is 0 Å². The summed E-state index contributed by atoms with van der Waals surface area (Å²) >= 11 is 6.11. The molecule has 1 aromatic heterocycles. The number of amides is 3. The van der Waals surface area contributed by atoms with Crippen molar-refractivity contribution in [3.63, 3.8) is 0 Å². The number of hydrogen-bond acceptors (Lipinski definition) is 6. The Morgan fingerprint density at radius 2 is 1.71 bits per heavy atom. The smallest absolute Gasteiger partial charge is 0.461 e. The van der Waals surface area contributed by atoms with Crippen molar-refractivity contribution in [2.75, 3.05) is 13.7 Å². The van der Waals surface area contributed by atoms with E-state index in [1.54, 1.807) is 30.3 Å². The zero-order chi connectivity index (χ0) is 37.0. The lowest BCUT2D eigenvalue weighted by molar-refractivity contribution is -0.253. The van der Waals surface area contributed by atoms with Crippen LogP contribution in [0.15, 0.2) is 66.9 Å². The zero-order valence-corrected chi connectivity index (χ0v) is 28.7. The molecule has 0 aliphatic heterocycles. The number of alkyl halides is 4. The molecule has 4 rings (SSSR count). The minimum atomic E-state index is -4.92. The maximum absolute atomic E-state index is 15.1. The first-order chi connectivity index (χ1) is 24.3. The van der Waals surface area contributed by atoms with Crippen molar-refractivity contribution in [3.8, 4) is 5.75 Å². The molecule has 1 aliphatic rings. The number of rotatable bonds is 16. The topological polar surface area (TPSA) is 119 Å². The highest BCUT2D eigenvalue weighted by atomic mass is 35.5. The predicted molar refractivity (Wildman–Crippen MR) is 179 cm³/mol. The van der Waals surface area contributed by atoms with Gasteiger partial charge in [-0.05, 0) is 73.9 Å². The highest BCUT2D eigenvalue weighted by molar-refractivity contribution is 6.30. The van der Waals surface area contributed by atoms with Crippen LogP contribution in [-0.4, -0.2) is 55.1 Å². The molecule has 2 aromatic carbocycles. The van der Waals surface area contributed by atoms with Gasteiger partial charge in [-0.3, -0.25) is 14.6 Å². The monoisotopic (exact) mass is 738 g/mol. The van der Waals surface area contributed by atoms with Crippen LogP contribution in [0.2, 0.25) is 5.02 Å². The lowest BCUT2D eigenvalue weighted by atomic mass is 9.80. The molecule has 0 bridgehead atoms. The number of nitrogens with zero attached hydrogens (tertiary/aromatic N) is 1. The van der Waals surface area contributed by atoms with E-state index in [2.05, 4.69) is 30.4 Å². The first-order valence-corrected chi connectivity index (χ1v) is 16.9. The van der Waals surface area contributed by atoms with Gasteiger partial charge in [0, 0.05) is 43.6 Å². The largest absolute Gasteiger partial charge is 0.469 e. The van der Waals surface area contributed by atoms with Crippen molar-refractivity contribution in [2.45, 2.75) is 81.9 Å². The summed E-state index contributed by atoms with van der Waals surface area (Å²) in [5.74, 6) is -2.56. The quantitative estimate of drug-likeness (QED) is 0.0807. The molecular formula is C36H40ClF5N4O5. The minimum Gasteiger partial charge on any atom is -0.469 e. The summed E-state index contributed by atoms with van der Waals surface area (Å²) in [6.07, 6.45) is -3.40. The number of carbonyl (C=O) groups excluding carboxylic acids is 3. The molecule has 15 heteroatoms. The Bertz CT molecular complexity index is 1610. The average Bonchev–Trinajstić information content (AvgIpc) is 3.09. The summed E-state index contributed by atoms with van der Waals surface area (Å²) < 4.78 is 77.9. The molecule has 1 aliphatic carbocycles. The molecule has 3 N–H and O–H groups in total. The van der Waals surface area contributed by atoms with Gasteiger partial charge in [0.1, 0.15) is 17.1 Å². The van der Waals surface area contributed by atoms with Gasteiger partial charge in [-0.15, -0.1) is 0 Å². The van der Waals surface area contributed by atoms with Gasteiger partial charge < -0.3 is 25.4 Å². The van der Waals surface area contributed by atoms with Gasteiger partial charge in [-0.1, -0.05) is 48.4 Å². The summed E-state index contributed by atoms with van der Waals surface area (Å²) in [6.45, 7) is 0.482. The van der Waals surface area contributed by atoms with Crippen molar-refractivity contribution in [2.24, 2.45) is 5.92 Å². The Morgan fingerprint density at radius 3 is 2.35 bits per heavy atom. The summed E-state index contributed by atoms with van der Waals surface area (Å²) in [5.41, 5.74) is -1.07. The predicted octanol–water partition coefficient (Wildman–Crippen LogP) is 7.30. The van der Waals surface area contributed by atoms with Gasteiger partial charge in [0.05, 0.1) is 17.8 Å². The molecule has 0 spiro atoms. The van der Waals surface area contributed by atoms with Crippen LogP contribution in [0.1, 0.15) is 68.2 Å². The Hall–Kier alpha value is -4.46. The highest BCUT2D eigenvalue weighted by Gasteiger charge is 2.45. The van der Waals surface area contributed by atoms with Crippen LogP contribution < -0.4 is 20.7 Å². The van der Waals surface area contributed by atoms with Crippen LogP contribution in [0.4, 0.5) is 26.7 Å². The molecule has 3 aromatic rings. The normalized spacial score (nSPS) is 17.3. The number of methoxy groups -OCH3 is 1. The van der Waals surface area contributed by atoms with E-state index >= 15 is 4.39 Å². The average molecular weight is 739 g/mol. The minimum absolute atomic E-state index is 0.0698. The molecule has 1 fully saturated rings. The molecule has 0 saturated heterocycles. The van der Waals surface area contributed by atoms with Crippen LogP contribution >= 0.6 is 11.6 Å². The number of halogens is 6. The Kier molecular flexibility index (Phi) is 14.0. The van der Waals surface area contributed by atoms with Crippen molar-refractivity contribution in [1.82, 2.24) is 20.9 Å². The fourth-order valence-corrected chi connectivity index (χ4v) is 6.18. The molecule has 276 valence electrons. The lowest BCUT2D eigenvalue weighted by Crippen LogP contribution is -2.55. The second-order valence-corrected chi connectivity index (χ2v) is 12.8. The Morgan fingerprint density at radius 1 is 0.980 bits per heavy atom. The first-order valence-electron chi connectivity index (χ1n) is 16.6. The second kappa shape index (κ2) is 18.2. The van der Waals surface area contributed by atoms with E-state index in [4.69, 9.17) is 11.6 Å². The number of unbranched alkanes of at least 4 members (excludes halogenated alkanes) is 2. The standard InChI is InChI=1S/C36H40ClF5N4O5/c1-50-31(47)10-6-3-7-17-43-32(48)24-11-14-28(15-12-24)45-34(49)46-35(21-23-8-4-2-5-9-23,30-16-13-26(37)22-44-30)25-18-27(38)20-29(19-25)51-36(41,42)33(39)40/h2,4-5,8-9,13,16,18-20,22,24,28,33H,3,6-7,10-12,14-15,17,21H2,1H3,(H,43,48)(H2,45,46,49)/t24?,28?,35-/m0/s1. The molecule has 0 unspecified atom stereocenters. The number of aromatic nitrogens is 1. The number of pyridine rings is 1. The molecule has 1 atom stereocenters. The summed E-state index contributed by atoms with van der Waals surface area (Å²) in [7, 11) is 1.34. The van der Waals surface area contributed by atoms with E-state index in [0.29, 0.717) is 56.7 Å². The van der Waals surface area contributed by atoms with Crippen LogP contribution in [-0.2, 0) is 26.3 Å². The maximum atomic E-state index is 15.1. The number of esters is 1. The zero-order valence-electron chi connectivity index (χ0n) is 27.9. The number of ether oxygens (including phenoxy) is 2. The molecule has 9 nitrogen and oxygen atoms in total. The van der Waals surface area contributed by atoms with E-state index in [1.807, 2.05) is 0 Å². The van der Waals surface area contributed by atoms with Gasteiger partial charge in [0.2, 0.25) is 5.91 Å². The Labute approximate surface area is 297 Å². The highest BCUT2D eigenvalue weighted by Crippen LogP contribution is 2.37. The van der Waals surface area contributed by atoms with Crippen molar-refractivity contribution in [1.29, 1.82) is 0 Å². The van der Waals surface area contributed by atoms with Gasteiger partial charge >= 0.3 is 24.5 Å². The van der Waals surface area contributed by atoms with E-state index in [1.165, 1.54) is 25.4 Å². The SMILES string of the molecule is COC(=O)CCCCCNC(=O)C1CCC(NC(=O)N[C@@](Cc2ccccc2)(c2cc(F)cc(OC(F)(F)C(F)F)c2)c2ccc(Cl)cn2)CC1. The molecule has 3 amide bonds. The van der Waals surface area contributed by atoms with Crippen LogP contribution in [0.5, 0.6) is 5.75 Å². The second-order valence-electron chi connectivity index (χ2n) is 12.4. The fourth-order valence-electron chi connectivity index (χ4n) is 6.07. The van der Waals surface area contributed by atoms with Gasteiger partial charge in [-0.2, -0.15) is 17.6 Å². The third kappa shape index (κ3) is 11.3. The van der Waals surface area contributed by atoms with Crippen molar-refractivity contribution < 1.29 is 45.8 Å². The third-order valence-electron chi connectivity index (χ3n) is 8.69. The lowest BCUT2D eigenvalue weighted by Gasteiger charge is -2.37. The Balaban J connectivity index is 1.52. The number of urea groups is 1. The van der Waals surface area contributed by atoms with E-state index < -0.39 is 35.7 Å². The first kappa shape index (κ1) is 39.3. The van der Waals surface area contributed by atoms with Crippen LogP contribution in [0, 0.1) is 11.7 Å². The van der Waals surface area contributed by atoms with E-state index in [-0.39, 0.29) is 46.5 Å². The molecular weight excluding hydrogens is 699 g/mol. The third-order valence-corrected chi connectivity index (χ3v) is 8.92. The summed E-state index contributed by atoms with van der Waals surface area (Å²) in [4.78, 5) is 42.2. The maximum Gasteiger partial charge on any atom is 0.461 e. The molecule has 1 saturated carbocycles. The number of nitrogens with one attached hydrogen (secondary N) is 3. The number of carbonyl (C=O) groups is 3.